The molecule has 0 aliphatic heterocycles. The molecule has 1 heterocycles. The fraction of sp³-hybridized carbons (Fsp3) is 0.286. The molecule has 10 heteroatoms. The molecule has 0 saturated carbocycles. The van der Waals surface area contributed by atoms with Gasteiger partial charge in [-0.3, -0.25) is 9.82 Å². The lowest BCUT2D eigenvalue weighted by Crippen LogP contribution is -2.14. The molecule has 0 aliphatic carbocycles. The Kier molecular flexibility index (Phi) is 5.29. The average Bonchev–Trinajstić information content (AvgIpc) is 3.06. The minimum Gasteiger partial charge on any atom is -0.497 e. The molecule has 9 nitrogen and oxygen atoms in total. The van der Waals surface area contributed by atoms with E-state index in [1.54, 1.807) is 13.0 Å². The first kappa shape index (κ1) is 17.6. The third-order valence-corrected chi connectivity index (χ3v) is 4.26. The van der Waals surface area contributed by atoms with Crippen molar-refractivity contribution in [3.05, 3.63) is 30.0 Å². The molecule has 2 N–H and O–H groups in total. The molecule has 0 fully saturated rings. The van der Waals surface area contributed by atoms with E-state index in [-0.39, 0.29) is 28.8 Å². The molecule has 24 heavy (non-hydrogen) atoms. The van der Waals surface area contributed by atoms with Gasteiger partial charge in [0, 0.05) is 12.1 Å². The molecule has 130 valence electrons. The number of hydrogen-bond acceptors (Lipinski definition) is 7. The Morgan fingerprint density at radius 3 is 2.62 bits per heavy atom. The Bertz CT molecular complexity index is 831. The summed E-state index contributed by atoms with van der Waals surface area (Å²) in [5.41, 5.74) is 0.0875. The van der Waals surface area contributed by atoms with Crippen LogP contribution in [0.15, 0.2) is 29.3 Å². The number of hydrogen-bond donors (Lipinski definition) is 2. The minimum absolute atomic E-state index is 0.126. The summed E-state index contributed by atoms with van der Waals surface area (Å²) in [6.07, 6.45) is 0. The number of esters is 1. The van der Waals surface area contributed by atoms with Crippen LogP contribution in [0.1, 0.15) is 17.4 Å². The largest absolute Gasteiger partial charge is 0.497 e. The highest BCUT2D eigenvalue weighted by atomic mass is 32.2. The number of methoxy groups -OCH3 is 2. The highest BCUT2D eigenvalue weighted by Gasteiger charge is 2.22. The zero-order valence-corrected chi connectivity index (χ0v) is 14.1. The number of carbonyl (C=O) groups is 1. The fourth-order valence-corrected chi connectivity index (χ4v) is 2.83. The smallest absolute Gasteiger partial charge is 0.358 e. The number of carbonyl (C=O) groups excluding carboxylic acids is 1. The monoisotopic (exact) mass is 355 g/mol. The van der Waals surface area contributed by atoms with Gasteiger partial charge in [0.25, 0.3) is 10.0 Å². The number of aromatic nitrogens is 2. The second-order valence-corrected chi connectivity index (χ2v) is 6.16. The Balaban J connectivity index is 2.27. The third-order valence-electron chi connectivity index (χ3n) is 2.98. The normalized spacial score (nSPS) is 11.0. The van der Waals surface area contributed by atoms with E-state index in [2.05, 4.69) is 14.9 Å². The second kappa shape index (κ2) is 7.21. The average molecular weight is 355 g/mol. The van der Waals surface area contributed by atoms with E-state index < -0.39 is 16.0 Å². The van der Waals surface area contributed by atoms with E-state index in [1.807, 2.05) is 0 Å². The number of nitrogens with zero attached hydrogens (tertiary/aromatic N) is 1. The van der Waals surface area contributed by atoms with E-state index in [1.165, 1.54) is 26.4 Å². The van der Waals surface area contributed by atoms with Gasteiger partial charge in [0.2, 0.25) is 0 Å². The lowest BCUT2D eigenvalue weighted by Gasteiger charge is -2.12. The van der Waals surface area contributed by atoms with Gasteiger partial charge in [-0.2, -0.15) is 13.5 Å². The highest BCUT2D eigenvalue weighted by Crippen LogP contribution is 2.30. The van der Waals surface area contributed by atoms with Crippen LogP contribution in [0.25, 0.3) is 0 Å². The Morgan fingerprint density at radius 2 is 2.00 bits per heavy atom. The van der Waals surface area contributed by atoms with Gasteiger partial charge >= 0.3 is 5.97 Å². The maximum atomic E-state index is 12.4. The zero-order chi connectivity index (χ0) is 17.7. The molecular weight excluding hydrogens is 338 g/mol. The summed E-state index contributed by atoms with van der Waals surface area (Å²) in [5, 5.41) is 5.67. The van der Waals surface area contributed by atoms with Gasteiger partial charge in [0.15, 0.2) is 10.7 Å². The zero-order valence-electron chi connectivity index (χ0n) is 13.3. The molecule has 0 amide bonds. The third kappa shape index (κ3) is 3.77. The van der Waals surface area contributed by atoms with Gasteiger partial charge in [-0.1, -0.05) is 0 Å². The predicted octanol–water partition coefficient (Wildman–Crippen LogP) is 1.40. The summed E-state index contributed by atoms with van der Waals surface area (Å²) in [6, 6.07) is 5.71. The summed E-state index contributed by atoms with van der Waals surface area (Å²) in [7, 11) is -1.10. The first-order chi connectivity index (χ1) is 11.4. The number of ether oxygens (including phenoxy) is 3. The van der Waals surface area contributed by atoms with Gasteiger partial charge in [-0.25, -0.2) is 4.79 Å². The minimum atomic E-state index is -3.99. The van der Waals surface area contributed by atoms with Crippen molar-refractivity contribution < 1.29 is 27.4 Å². The summed E-state index contributed by atoms with van der Waals surface area (Å²) in [6.45, 7) is 1.80. The first-order valence-corrected chi connectivity index (χ1v) is 8.37. The van der Waals surface area contributed by atoms with Crippen molar-refractivity contribution >= 4 is 21.7 Å². The van der Waals surface area contributed by atoms with Crippen LogP contribution in [0.4, 0.5) is 5.69 Å². The molecule has 0 radical (unpaired) electrons. The number of sulfonamides is 1. The van der Waals surface area contributed by atoms with Crippen LogP contribution in [-0.2, 0) is 14.8 Å². The second-order valence-electron chi connectivity index (χ2n) is 4.51. The quantitative estimate of drug-likeness (QED) is 0.720. The maximum Gasteiger partial charge on any atom is 0.358 e. The van der Waals surface area contributed by atoms with Gasteiger partial charge in [-0.05, 0) is 19.1 Å². The van der Waals surface area contributed by atoms with Crippen molar-refractivity contribution in [1.82, 2.24) is 10.2 Å². The summed E-state index contributed by atoms with van der Waals surface area (Å²) in [5.74, 6) is 0.0845. The molecule has 0 saturated heterocycles. The van der Waals surface area contributed by atoms with Crippen LogP contribution in [0.3, 0.4) is 0 Å². The number of anilines is 1. The van der Waals surface area contributed by atoms with Crippen LogP contribution in [0.2, 0.25) is 0 Å². The Morgan fingerprint density at radius 1 is 1.25 bits per heavy atom. The van der Waals surface area contributed by atoms with Crippen molar-refractivity contribution in [1.29, 1.82) is 0 Å². The van der Waals surface area contributed by atoms with Crippen molar-refractivity contribution in [2.24, 2.45) is 0 Å². The topological polar surface area (TPSA) is 120 Å². The molecule has 0 unspecified atom stereocenters. The molecule has 0 aliphatic rings. The summed E-state index contributed by atoms with van der Waals surface area (Å²) < 4.78 is 42.1. The Hall–Kier alpha value is -2.75. The molecule has 0 spiro atoms. The van der Waals surface area contributed by atoms with Crippen LogP contribution in [0, 0.1) is 0 Å². The summed E-state index contributed by atoms with van der Waals surface area (Å²) in [4.78, 5) is 11.6. The van der Waals surface area contributed by atoms with Crippen LogP contribution >= 0.6 is 0 Å². The lowest BCUT2D eigenvalue weighted by atomic mass is 10.3. The van der Waals surface area contributed by atoms with E-state index in [4.69, 9.17) is 14.2 Å². The van der Waals surface area contributed by atoms with Gasteiger partial charge in [-0.15, -0.1) is 0 Å². The molecule has 1 aromatic heterocycles. The van der Waals surface area contributed by atoms with Crippen LogP contribution in [-0.4, -0.2) is 45.4 Å². The van der Waals surface area contributed by atoms with E-state index in [0.29, 0.717) is 5.75 Å². The summed E-state index contributed by atoms with van der Waals surface area (Å²) >= 11 is 0. The lowest BCUT2D eigenvalue weighted by molar-refractivity contribution is 0.0519. The molecule has 1 aromatic carbocycles. The Labute approximate surface area is 139 Å². The fourth-order valence-electron chi connectivity index (χ4n) is 1.83. The van der Waals surface area contributed by atoms with Gasteiger partial charge < -0.3 is 14.2 Å². The SMILES string of the molecule is CCOC(=O)c1cc(S(=O)(=O)Nc2ccc(OC)cc2OC)[nH]n1. The van der Waals surface area contributed by atoms with Crippen molar-refractivity contribution in [2.45, 2.75) is 11.9 Å². The maximum absolute atomic E-state index is 12.4. The van der Waals surface area contributed by atoms with E-state index >= 15 is 0 Å². The van der Waals surface area contributed by atoms with Crippen LogP contribution < -0.4 is 14.2 Å². The van der Waals surface area contributed by atoms with Crippen molar-refractivity contribution in [3.63, 3.8) is 0 Å². The number of H-pyrrole nitrogens is 1. The number of benzene rings is 1. The van der Waals surface area contributed by atoms with Crippen LogP contribution in [0.5, 0.6) is 11.5 Å². The number of aromatic amines is 1. The number of nitrogens with one attached hydrogen (secondary N) is 2. The van der Waals surface area contributed by atoms with E-state index in [9.17, 15) is 13.2 Å². The van der Waals surface area contributed by atoms with Gasteiger partial charge in [0.1, 0.15) is 11.5 Å². The number of rotatable bonds is 7. The van der Waals surface area contributed by atoms with Crippen molar-refractivity contribution in [3.8, 4) is 11.5 Å². The first-order valence-electron chi connectivity index (χ1n) is 6.88. The van der Waals surface area contributed by atoms with E-state index in [0.717, 1.165) is 6.07 Å². The molecular formula is C14H17N3O6S. The predicted molar refractivity (Wildman–Crippen MR) is 84.9 cm³/mol. The van der Waals surface area contributed by atoms with Gasteiger partial charge in [0.05, 0.1) is 26.5 Å². The molecule has 2 rings (SSSR count). The van der Waals surface area contributed by atoms with Crippen molar-refractivity contribution in [2.75, 3.05) is 25.5 Å². The molecule has 2 aromatic rings. The molecule has 0 atom stereocenters. The standard InChI is InChI=1S/C14H17N3O6S/c1-4-23-14(18)11-8-13(16-15-11)24(19,20)17-10-6-5-9(21-2)7-12(10)22-3/h5-8,17H,4H2,1-3H3,(H,15,16). The molecule has 0 bridgehead atoms. The highest BCUT2D eigenvalue weighted by molar-refractivity contribution is 7.92.